The van der Waals surface area contributed by atoms with Crippen LogP contribution in [0.2, 0.25) is 0 Å². The first kappa shape index (κ1) is 14.3. The van der Waals surface area contributed by atoms with Gasteiger partial charge in [0.1, 0.15) is 0 Å². The number of hydrogen-bond acceptors (Lipinski definition) is 3. The molecule has 0 aliphatic carbocycles. The van der Waals surface area contributed by atoms with Gasteiger partial charge in [0.25, 0.3) is 5.91 Å². The number of hydrazone groups is 1. The van der Waals surface area contributed by atoms with Gasteiger partial charge in [-0.2, -0.15) is 18.3 Å². The molecule has 0 spiro atoms. The predicted octanol–water partition coefficient (Wildman–Crippen LogP) is 3.53. The quantitative estimate of drug-likeness (QED) is 0.683. The van der Waals surface area contributed by atoms with E-state index >= 15 is 0 Å². The minimum Gasteiger partial charge on any atom is -0.266 e. The first-order chi connectivity index (χ1) is 9.47. The SMILES string of the molecule is O=C(NN=Cc1cccc(C(F)(F)F)c1)c1cccs1. The van der Waals surface area contributed by atoms with E-state index in [0.717, 1.165) is 12.1 Å². The van der Waals surface area contributed by atoms with Crippen molar-refractivity contribution >= 4 is 23.5 Å². The highest BCUT2D eigenvalue weighted by Gasteiger charge is 2.30. The Morgan fingerprint density at radius 1 is 1.25 bits per heavy atom. The lowest BCUT2D eigenvalue weighted by molar-refractivity contribution is -0.137. The molecule has 0 aliphatic heterocycles. The number of carbonyl (C=O) groups is 1. The van der Waals surface area contributed by atoms with Gasteiger partial charge in [-0.05, 0) is 29.1 Å². The molecule has 1 aromatic heterocycles. The molecule has 0 bridgehead atoms. The van der Waals surface area contributed by atoms with Gasteiger partial charge in [-0.15, -0.1) is 11.3 Å². The van der Waals surface area contributed by atoms with E-state index in [-0.39, 0.29) is 5.56 Å². The van der Waals surface area contributed by atoms with E-state index in [0.29, 0.717) is 4.88 Å². The van der Waals surface area contributed by atoms with Crippen LogP contribution in [0.1, 0.15) is 20.8 Å². The third kappa shape index (κ3) is 3.67. The van der Waals surface area contributed by atoms with Gasteiger partial charge in [0.2, 0.25) is 0 Å². The highest BCUT2D eigenvalue weighted by atomic mass is 32.1. The number of rotatable bonds is 3. The van der Waals surface area contributed by atoms with E-state index in [4.69, 9.17) is 0 Å². The summed E-state index contributed by atoms with van der Waals surface area (Å²) in [4.78, 5) is 12.0. The predicted molar refractivity (Wildman–Crippen MR) is 70.8 cm³/mol. The summed E-state index contributed by atoms with van der Waals surface area (Å²) < 4.78 is 37.5. The van der Waals surface area contributed by atoms with Crippen molar-refractivity contribution in [2.45, 2.75) is 6.18 Å². The molecular weight excluding hydrogens is 289 g/mol. The molecular formula is C13H9F3N2OS. The van der Waals surface area contributed by atoms with E-state index in [9.17, 15) is 18.0 Å². The Morgan fingerprint density at radius 3 is 2.70 bits per heavy atom. The zero-order chi connectivity index (χ0) is 14.6. The fourth-order valence-corrected chi connectivity index (χ4v) is 2.04. The fraction of sp³-hybridized carbons (Fsp3) is 0.0769. The van der Waals surface area contributed by atoms with Crippen LogP contribution in [0.4, 0.5) is 13.2 Å². The van der Waals surface area contributed by atoms with Crippen molar-refractivity contribution < 1.29 is 18.0 Å². The minimum atomic E-state index is -4.40. The molecule has 1 aromatic carbocycles. The maximum absolute atomic E-state index is 12.5. The number of nitrogens with zero attached hydrogens (tertiary/aromatic N) is 1. The zero-order valence-electron chi connectivity index (χ0n) is 10.0. The molecule has 0 unspecified atom stereocenters. The number of amides is 1. The molecule has 7 heteroatoms. The summed E-state index contributed by atoms with van der Waals surface area (Å²) in [6.07, 6.45) is -3.23. The Kier molecular flexibility index (Phi) is 4.19. The Hall–Kier alpha value is -2.15. The van der Waals surface area contributed by atoms with Crippen molar-refractivity contribution in [1.29, 1.82) is 0 Å². The normalized spacial score (nSPS) is 11.8. The monoisotopic (exact) mass is 298 g/mol. The molecule has 104 valence electrons. The molecule has 1 heterocycles. The van der Waals surface area contributed by atoms with Crippen molar-refractivity contribution in [2.75, 3.05) is 0 Å². The smallest absolute Gasteiger partial charge is 0.266 e. The van der Waals surface area contributed by atoms with Crippen LogP contribution in [-0.2, 0) is 6.18 Å². The number of halogens is 3. The third-order valence-electron chi connectivity index (χ3n) is 2.34. The number of thiophene rings is 1. The molecule has 0 aliphatic rings. The first-order valence-electron chi connectivity index (χ1n) is 5.51. The van der Waals surface area contributed by atoms with Crippen LogP contribution in [0, 0.1) is 0 Å². The van der Waals surface area contributed by atoms with Crippen molar-refractivity contribution in [2.24, 2.45) is 5.10 Å². The lowest BCUT2D eigenvalue weighted by Crippen LogP contribution is -2.16. The Labute approximate surface area is 116 Å². The van der Waals surface area contributed by atoms with Gasteiger partial charge in [0.15, 0.2) is 0 Å². The summed E-state index contributed by atoms with van der Waals surface area (Å²) in [5, 5.41) is 5.38. The third-order valence-corrected chi connectivity index (χ3v) is 3.21. The first-order valence-corrected chi connectivity index (χ1v) is 6.39. The van der Waals surface area contributed by atoms with Crippen LogP contribution < -0.4 is 5.43 Å². The summed E-state index contributed by atoms with van der Waals surface area (Å²) in [6, 6.07) is 8.03. The Bertz CT molecular complexity index is 621. The summed E-state index contributed by atoms with van der Waals surface area (Å²) >= 11 is 1.25. The van der Waals surface area contributed by atoms with E-state index in [1.54, 1.807) is 17.5 Å². The van der Waals surface area contributed by atoms with E-state index in [2.05, 4.69) is 10.5 Å². The molecule has 0 saturated carbocycles. The van der Waals surface area contributed by atoms with Gasteiger partial charge in [-0.1, -0.05) is 18.2 Å². The molecule has 1 amide bonds. The van der Waals surface area contributed by atoms with Crippen molar-refractivity contribution in [3.05, 3.63) is 57.8 Å². The molecule has 0 saturated heterocycles. The molecule has 2 aromatic rings. The summed E-state index contributed by atoms with van der Waals surface area (Å²) in [7, 11) is 0. The van der Waals surface area contributed by atoms with Gasteiger partial charge in [-0.3, -0.25) is 4.79 Å². The van der Waals surface area contributed by atoms with Crippen LogP contribution in [-0.4, -0.2) is 12.1 Å². The second-order valence-electron chi connectivity index (χ2n) is 3.80. The lowest BCUT2D eigenvalue weighted by atomic mass is 10.1. The largest absolute Gasteiger partial charge is 0.416 e. The van der Waals surface area contributed by atoms with E-state index in [1.165, 1.54) is 29.7 Å². The van der Waals surface area contributed by atoms with Crippen molar-refractivity contribution in [3.63, 3.8) is 0 Å². The maximum Gasteiger partial charge on any atom is 0.416 e. The minimum absolute atomic E-state index is 0.256. The number of nitrogens with one attached hydrogen (secondary N) is 1. The summed E-state index contributed by atoms with van der Waals surface area (Å²) in [5.41, 5.74) is 1.75. The van der Waals surface area contributed by atoms with E-state index in [1.807, 2.05) is 0 Å². The van der Waals surface area contributed by atoms with Crippen LogP contribution >= 0.6 is 11.3 Å². The van der Waals surface area contributed by atoms with Gasteiger partial charge in [0, 0.05) is 0 Å². The highest BCUT2D eigenvalue weighted by Crippen LogP contribution is 2.29. The second-order valence-corrected chi connectivity index (χ2v) is 4.75. The van der Waals surface area contributed by atoms with Crippen LogP contribution in [0.15, 0.2) is 46.9 Å². The van der Waals surface area contributed by atoms with Crippen LogP contribution in [0.25, 0.3) is 0 Å². The highest BCUT2D eigenvalue weighted by molar-refractivity contribution is 7.12. The maximum atomic E-state index is 12.5. The van der Waals surface area contributed by atoms with Gasteiger partial charge >= 0.3 is 6.18 Å². The molecule has 0 fully saturated rings. The molecule has 1 N–H and O–H groups in total. The second kappa shape index (κ2) is 5.87. The molecule has 20 heavy (non-hydrogen) atoms. The average molecular weight is 298 g/mol. The lowest BCUT2D eigenvalue weighted by Gasteiger charge is -2.06. The summed E-state index contributed by atoms with van der Waals surface area (Å²) in [5.74, 6) is -0.400. The topological polar surface area (TPSA) is 41.5 Å². The van der Waals surface area contributed by atoms with Crippen LogP contribution in [0.3, 0.4) is 0 Å². The summed E-state index contributed by atoms with van der Waals surface area (Å²) in [6.45, 7) is 0. The van der Waals surface area contributed by atoms with Crippen molar-refractivity contribution in [1.82, 2.24) is 5.43 Å². The average Bonchev–Trinajstić information content (AvgIpc) is 2.92. The number of hydrogen-bond donors (Lipinski definition) is 1. The van der Waals surface area contributed by atoms with E-state index < -0.39 is 17.6 Å². The molecule has 0 radical (unpaired) electrons. The molecule has 3 nitrogen and oxygen atoms in total. The number of benzene rings is 1. The van der Waals surface area contributed by atoms with Crippen molar-refractivity contribution in [3.8, 4) is 0 Å². The Balaban J connectivity index is 2.03. The number of carbonyl (C=O) groups excluding carboxylic acids is 1. The Morgan fingerprint density at radius 2 is 2.05 bits per heavy atom. The van der Waals surface area contributed by atoms with Gasteiger partial charge in [0.05, 0.1) is 16.7 Å². The zero-order valence-corrected chi connectivity index (χ0v) is 10.8. The fourth-order valence-electron chi connectivity index (χ4n) is 1.42. The van der Waals surface area contributed by atoms with Gasteiger partial charge < -0.3 is 0 Å². The van der Waals surface area contributed by atoms with Gasteiger partial charge in [-0.25, -0.2) is 5.43 Å². The molecule has 2 rings (SSSR count). The standard InChI is InChI=1S/C13H9F3N2OS/c14-13(15,16)10-4-1-3-9(7-10)8-17-18-12(19)11-5-2-6-20-11/h1-8H,(H,18,19). The van der Waals surface area contributed by atoms with Crippen LogP contribution in [0.5, 0.6) is 0 Å². The molecule has 0 atom stereocenters. The number of alkyl halides is 3.